The molecule has 2 fully saturated rings. The molecule has 0 spiro atoms. The van der Waals surface area contributed by atoms with Crippen molar-refractivity contribution < 1.29 is 55.4 Å². The summed E-state index contributed by atoms with van der Waals surface area (Å²) in [6.07, 6.45) is -6.27. The molecule has 2 aromatic carbocycles. The summed E-state index contributed by atoms with van der Waals surface area (Å²) in [5.41, 5.74) is -1.71. The molecule has 42 heavy (non-hydrogen) atoms. The number of anilines is 2. The van der Waals surface area contributed by atoms with E-state index in [0.717, 1.165) is 24.3 Å². The van der Waals surface area contributed by atoms with E-state index in [1.54, 1.807) is 11.8 Å². The average Bonchev–Trinajstić information content (AvgIpc) is 3.63. The monoisotopic (exact) mass is 602 g/mol. The van der Waals surface area contributed by atoms with Gasteiger partial charge >= 0.3 is 24.3 Å². The molecule has 0 amide bonds. The summed E-state index contributed by atoms with van der Waals surface area (Å²) in [4.78, 5) is 47.6. The molecule has 2 aromatic rings. The first kappa shape index (κ1) is 32.4. The Morgan fingerprint density at radius 3 is 1.62 bits per heavy atom. The zero-order valence-corrected chi connectivity index (χ0v) is 22.4. The first-order chi connectivity index (χ1) is 19.7. The number of carboxylic acid groups (broad SMARTS) is 1. The van der Waals surface area contributed by atoms with Crippen LogP contribution in [0.2, 0.25) is 0 Å². The average molecular weight is 603 g/mol. The van der Waals surface area contributed by atoms with Gasteiger partial charge in [0, 0.05) is 35.6 Å². The number of aliphatic carboxylic acids is 1. The van der Waals surface area contributed by atoms with E-state index in [0.29, 0.717) is 51.3 Å². The van der Waals surface area contributed by atoms with E-state index in [2.05, 4.69) is 0 Å². The van der Waals surface area contributed by atoms with Crippen molar-refractivity contribution in [1.82, 2.24) is 0 Å². The van der Waals surface area contributed by atoms with Gasteiger partial charge in [0.1, 0.15) is 24.7 Å². The first-order valence-corrected chi connectivity index (χ1v) is 13.0. The van der Waals surface area contributed by atoms with Gasteiger partial charge in [-0.15, -0.1) is 0 Å². The lowest BCUT2D eigenvalue weighted by molar-refractivity contribution is -0.144. The molecule has 0 radical (unpaired) electrons. The molecule has 2 heterocycles. The van der Waals surface area contributed by atoms with Crippen LogP contribution in [0.4, 0.5) is 37.7 Å². The molecule has 14 heteroatoms. The van der Waals surface area contributed by atoms with E-state index < -0.39 is 47.5 Å². The molecule has 1 N–H and O–H groups in total. The van der Waals surface area contributed by atoms with Gasteiger partial charge in [0.25, 0.3) is 0 Å². The molecule has 228 valence electrons. The number of aldehydes is 2. The second-order valence-electron chi connectivity index (χ2n) is 9.65. The van der Waals surface area contributed by atoms with Crippen molar-refractivity contribution in [3.63, 3.8) is 0 Å². The molecule has 8 nitrogen and oxygen atoms in total. The standard InChI is InChI=1S/C15H16F3NO3.C13H12F3NO3/c1-2-22-14(21)13-4-3-5-19(13)12-7-10(9-20)6-11(8-12)15(16,17)18;14-13(15,16)9-4-8(7-18)5-10(6-9)17-3-1-2-11(17)12(19)20/h6-9,13H,2-5H2,1H3;4-7,11H,1-3H2,(H,19,20). The Kier molecular flexibility index (Phi) is 10.2. The minimum atomic E-state index is -4.58. The predicted molar refractivity (Wildman–Crippen MR) is 139 cm³/mol. The molecule has 0 saturated carbocycles. The van der Waals surface area contributed by atoms with Crippen LogP contribution in [-0.4, -0.2) is 61.4 Å². The quantitative estimate of drug-likeness (QED) is 0.248. The van der Waals surface area contributed by atoms with Gasteiger partial charge in [-0.3, -0.25) is 9.59 Å². The van der Waals surface area contributed by atoms with Crippen molar-refractivity contribution in [3.05, 3.63) is 58.7 Å². The van der Waals surface area contributed by atoms with Crippen LogP contribution in [0.5, 0.6) is 0 Å². The van der Waals surface area contributed by atoms with E-state index >= 15 is 0 Å². The number of ether oxygens (including phenoxy) is 1. The van der Waals surface area contributed by atoms with Crippen LogP contribution in [0.15, 0.2) is 36.4 Å². The van der Waals surface area contributed by atoms with Crippen molar-refractivity contribution in [2.24, 2.45) is 0 Å². The summed E-state index contributed by atoms with van der Waals surface area (Å²) in [6, 6.07) is 4.58. The second-order valence-corrected chi connectivity index (χ2v) is 9.65. The Bertz CT molecular complexity index is 1310. The maximum absolute atomic E-state index is 12.9. The number of hydrogen-bond acceptors (Lipinski definition) is 7. The second kappa shape index (κ2) is 13.3. The smallest absolute Gasteiger partial charge is 0.416 e. The zero-order valence-electron chi connectivity index (χ0n) is 22.4. The zero-order chi connectivity index (χ0) is 31.2. The van der Waals surface area contributed by atoms with Crippen LogP contribution >= 0.6 is 0 Å². The number of nitrogens with zero attached hydrogens (tertiary/aromatic N) is 2. The number of benzene rings is 2. The first-order valence-electron chi connectivity index (χ1n) is 13.0. The van der Waals surface area contributed by atoms with Crippen molar-refractivity contribution >= 4 is 35.9 Å². The Morgan fingerprint density at radius 2 is 1.24 bits per heavy atom. The predicted octanol–water partition coefficient (Wildman–Crippen LogP) is 5.62. The molecule has 2 saturated heterocycles. The number of hydrogen-bond donors (Lipinski definition) is 1. The molecular formula is C28H28F6N2O6. The van der Waals surface area contributed by atoms with Crippen LogP contribution in [0, 0.1) is 0 Å². The summed E-state index contributed by atoms with van der Waals surface area (Å²) in [5.74, 6) is -1.53. The Hall–Kier alpha value is -4.10. The van der Waals surface area contributed by atoms with Crippen LogP contribution in [-0.2, 0) is 26.7 Å². The highest BCUT2D eigenvalue weighted by Crippen LogP contribution is 2.36. The summed E-state index contributed by atoms with van der Waals surface area (Å²) >= 11 is 0. The Morgan fingerprint density at radius 1 is 0.810 bits per heavy atom. The van der Waals surface area contributed by atoms with Crippen LogP contribution in [0.25, 0.3) is 0 Å². The maximum Gasteiger partial charge on any atom is 0.416 e. The van der Waals surface area contributed by atoms with Crippen LogP contribution in [0.3, 0.4) is 0 Å². The fourth-order valence-corrected chi connectivity index (χ4v) is 4.96. The van der Waals surface area contributed by atoms with Gasteiger partial charge in [0.2, 0.25) is 0 Å². The molecule has 0 aliphatic carbocycles. The number of rotatable bonds is 7. The molecule has 2 atom stereocenters. The Balaban J connectivity index is 0.000000231. The summed E-state index contributed by atoms with van der Waals surface area (Å²) in [7, 11) is 0. The molecule has 2 aliphatic heterocycles. The number of carboxylic acids is 1. The van der Waals surface area contributed by atoms with Crippen molar-refractivity contribution in [2.45, 2.75) is 57.0 Å². The summed E-state index contributed by atoms with van der Waals surface area (Å²) in [5, 5.41) is 9.07. The van der Waals surface area contributed by atoms with E-state index in [1.807, 2.05) is 0 Å². The molecular weight excluding hydrogens is 574 g/mol. The molecule has 0 aromatic heterocycles. The number of halogens is 6. The van der Waals surface area contributed by atoms with Crippen molar-refractivity contribution in [2.75, 3.05) is 29.5 Å². The van der Waals surface area contributed by atoms with Gasteiger partial charge in [0.15, 0.2) is 0 Å². The van der Waals surface area contributed by atoms with Crippen LogP contribution in [0.1, 0.15) is 64.4 Å². The third-order valence-electron chi connectivity index (χ3n) is 6.82. The number of alkyl halides is 6. The highest BCUT2D eigenvalue weighted by molar-refractivity contribution is 5.83. The third kappa shape index (κ3) is 7.79. The van der Waals surface area contributed by atoms with E-state index in [9.17, 15) is 45.5 Å². The van der Waals surface area contributed by atoms with Crippen molar-refractivity contribution in [3.8, 4) is 0 Å². The minimum Gasteiger partial charge on any atom is -0.480 e. The fraction of sp³-hybridized carbons (Fsp3) is 0.429. The molecule has 4 rings (SSSR count). The number of carbonyl (C=O) groups excluding carboxylic acids is 3. The highest BCUT2D eigenvalue weighted by atomic mass is 19.4. The van der Waals surface area contributed by atoms with Gasteiger partial charge < -0.3 is 19.6 Å². The minimum absolute atomic E-state index is 0.0701. The van der Waals surface area contributed by atoms with Crippen LogP contribution < -0.4 is 9.80 Å². The molecule has 2 aliphatic rings. The lowest BCUT2D eigenvalue weighted by Gasteiger charge is -2.26. The highest BCUT2D eigenvalue weighted by Gasteiger charge is 2.36. The molecule has 2 unspecified atom stereocenters. The lowest BCUT2D eigenvalue weighted by Crippen LogP contribution is -2.37. The Labute approximate surface area is 236 Å². The van der Waals surface area contributed by atoms with Gasteiger partial charge in [-0.2, -0.15) is 26.3 Å². The lowest BCUT2D eigenvalue weighted by atomic mass is 10.1. The van der Waals surface area contributed by atoms with E-state index in [-0.39, 0.29) is 29.1 Å². The van der Waals surface area contributed by atoms with E-state index in [1.165, 1.54) is 17.0 Å². The normalized spacial score (nSPS) is 18.7. The van der Waals surface area contributed by atoms with Crippen molar-refractivity contribution in [1.29, 1.82) is 0 Å². The van der Waals surface area contributed by atoms with Gasteiger partial charge in [-0.1, -0.05) is 0 Å². The van der Waals surface area contributed by atoms with Gasteiger partial charge in [0.05, 0.1) is 17.7 Å². The summed E-state index contributed by atoms with van der Waals surface area (Å²) < 4.78 is 82.1. The topological polar surface area (TPSA) is 104 Å². The fourth-order valence-electron chi connectivity index (χ4n) is 4.96. The largest absolute Gasteiger partial charge is 0.480 e. The van der Waals surface area contributed by atoms with Gasteiger partial charge in [-0.05, 0) is 69.0 Å². The number of carbonyl (C=O) groups is 4. The maximum atomic E-state index is 12.9. The summed E-state index contributed by atoms with van der Waals surface area (Å²) in [6.45, 7) is 2.69. The van der Waals surface area contributed by atoms with E-state index in [4.69, 9.17) is 9.84 Å². The third-order valence-corrected chi connectivity index (χ3v) is 6.82. The molecule has 0 bridgehead atoms. The van der Waals surface area contributed by atoms with Gasteiger partial charge in [-0.25, -0.2) is 9.59 Å². The SMILES string of the molecule is CCOC(=O)C1CCCN1c1cc(C=O)cc(C(F)(F)F)c1.O=Cc1cc(N2CCCC2C(=O)O)cc(C(F)(F)F)c1. The number of esters is 1.